The Morgan fingerprint density at radius 2 is 1.79 bits per heavy atom. The highest BCUT2D eigenvalue weighted by Crippen LogP contribution is 2.26. The lowest BCUT2D eigenvalue weighted by Gasteiger charge is -2.13. The second-order valence-electron chi connectivity index (χ2n) is 6.02. The van der Waals surface area contributed by atoms with Gasteiger partial charge in [0, 0.05) is 6.04 Å². The van der Waals surface area contributed by atoms with Crippen molar-refractivity contribution < 1.29 is 19.1 Å². The van der Waals surface area contributed by atoms with Gasteiger partial charge in [0.2, 0.25) is 0 Å². The Bertz CT molecular complexity index is 750. The van der Waals surface area contributed by atoms with Crippen molar-refractivity contribution in [1.29, 1.82) is 0 Å². The first-order valence-electron chi connectivity index (χ1n) is 8.20. The van der Waals surface area contributed by atoms with E-state index < -0.39 is 5.97 Å². The summed E-state index contributed by atoms with van der Waals surface area (Å²) in [7, 11) is 1.51. The maximum atomic E-state index is 12.3. The number of nitrogens with one attached hydrogen (secondary N) is 1. The molecule has 126 valence electrons. The number of methoxy groups -OCH3 is 1. The maximum Gasteiger partial charge on any atom is 0.342 e. The quantitative estimate of drug-likeness (QED) is 0.857. The van der Waals surface area contributed by atoms with Gasteiger partial charge in [-0.1, -0.05) is 37.1 Å². The Kier molecular flexibility index (Phi) is 4.99. The van der Waals surface area contributed by atoms with E-state index in [4.69, 9.17) is 9.47 Å². The van der Waals surface area contributed by atoms with E-state index in [2.05, 4.69) is 5.32 Å². The van der Waals surface area contributed by atoms with E-state index in [1.807, 2.05) is 24.3 Å². The number of fused-ring (bicyclic) bond motifs is 1. The molecule has 5 nitrogen and oxygen atoms in total. The molecule has 0 aromatic heterocycles. The lowest BCUT2D eigenvalue weighted by atomic mass is 10.1. The van der Waals surface area contributed by atoms with Crippen molar-refractivity contribution in [3.63, 3.8) is 0 Å². The van der Waals surface area contributed by atoms with Gasteiger partial charge in [-0.05, 0) is 35.7 Å². The fourth-order valence-electron chi connectivity index (χ4n) is 3.10. The number of benzene rings is 2. The predicted octanol–water partition coefficient (Wildman–Crippen LogP) is 3.06. The van der Waals surface area contributed by atoms with Crippen LogP contribution in [0.25, 0.3) is 10.8 Å². The molecule has 2 aromatic rings. The van der Waals surface area contributed by atoms with E-state index >= 15 is 0 Å². The molecule has 1 fully saturated rings. The van der Waals surface area contributed by atoms with Crippen LogP contribution >= 0.6 is 0 Å². The van der Waals surface area contributed by atoms with E-state index in [9.17, 15) is 9.59 Å². The molecule has 0 saturated heterocycles. The molecule has 0 unspecified atom stereocenters. The zero-order chi connectivity index (χ0) is 16.9. The Balaban J connectivity index is 1.67. The molecule has 1 amide bonds. The van der Waals surface area contributed by atoms with Crippen molar-refractivity contribution in [2.45, 2.75) is 31.7 Å². The molecule has 1 saturated carbocycles. The van der Waals surface area contributed by atoms with Crippen LogP contribution in [0.15, 0.2) is 36.4 Å². The summed E-state index contributed by atoms with van der Waals surface area (Å²) < 4.78 is 10.4. The number of hydrogen-bond donors (Lipinski definition) is 1. The number of rotatable bonds is 5. The van der Waals surface area contributed by atoms with Crippen molar-refractivity contribution >= 4 is 22.6 Å². The smallest absolute Gasteiger partial charge is 0.342 e. The second-order valence-corrected chi connectivity index (χ2v) is 6.02. The third-order valence-corrected chi connectivity index (χ3v) is 4.34. The van der Waals surface area contributed by atoms with Crippen molar-refractivity contribution in [3.8, 4) is 5.75 Å². The van der Waals surface area contributed by atoms with Crippen LogP contribution in [0.1, 0.15) is 36.0 Å². The fraction of sp³-hybridized carbons (Fsp3) is 0.368. The molecule has 1 aliphatic rings. The van der Waals surface area contributed by atoms with E-state index in [0.29, 0.717) is 11.3 Å². The third kappa shape index (κ3) is 3.67. The summed E-state index contributed by atoms with van der Waals surface area (Å²) >= 11 is 0. The highest BCUT2D eigenvalue weighted by molar-refractivity contribution is 5.99. The molecule has 0 heterocycles. The molecular formula is C19H21NO4. The highest BCUT2D eigenvalue weighted by atomic mass is 16.5. The van der Waals surface area contributed by atoms with Crippen molar-refractivity contribution in [1.82, 2.24) is 5.32 Å². The average molecular weight is 327 g/mol. The summed E-state index contributed by atoms with van der Waals surface area (Å²) in [6.07, 6.45) is 4.27. The average Bonchev–Trinajstić information content (AvgIpc) is 3.11. The fourth-order valence-corrected chi connectivity index (χ4v) is 3.10. The molecule has 0 atom stereocenters. The van der Waals surface area contributed by atoms with Gasteiger partial charge in [-0.2, -0.15) is 0 Å². The monoisotopic (exact) mass is 327 g/mol. The lowest BCUT2D eigenvalue weighted by molar-refractivity contribution is -0.124. The highest BCUT2D eigenvalue weighted by Gasteiger charge is 2.19. The normalized spacial score (nSPS) is 14.5. The SMILES string of the molecule is COc1cc2ccccc2cc1C(=O)OCC(=O)NC1CCCC1. The van der Waals surface area contributed by atoms with Crippen molar-refractivity contribution in [2.24, 2.45) is 0 Å². The van der Waals surface area contributed by atoms with Crippen molar-refractivity contribution in [2.75, 3.05) is 13.7 Å². The van der Waals surface area contributed by atoms with Crippen LogP contribution in [0.2, 0.25) is 0 Å². The number of amides is 1. The van der Waals surface area contributed by atoms with Gasteiger partial charge in [0.1, 0.15) is 11.3 Å². The third-order valence-electron chi connectivity index (χ3n) is 4.34. The molecule has 2 aromatic carbocycles. The molecule has 24 heavy (non-hydrogen) atoms. The maximum absolute atomic E-state index is 12.3. The first-order chi connectivity index (χ1) is 11.7. The first-order valence-corrected chi connectivity index (χ1v) is 8.20. The minimum Gasteiger partial charge on any atom is -0.496 e. The van der Waals surface area contributed by atoms with E-state index in [0.717, 1.165) is 36.5 Å². The molecule has 1 N–H and O–H groups in total. The summed E-state index contributed by atoms with van der Waals surface area (Å²) in [6.45, 7) is -0.273. The minimum absolute atomic E-state index is 0.214. The van der Waals surface area contributed by atoms with Gasteiger partial charge in [-0.15, -0.1) is 0 Å². The van der Waals surface area contributed by atoms with Crippen LogP contribution in [-0.4, -0.2) is 31.6 Å². The van der Waals surface area contributed by atoms with Gasteiger partial charge >= 0.3 is 5.97 Å². The van der Waals surface area contributed by atoms with E-state index in [-0.39, 0.29) is 18.6 Å². The van der Waals surface area contributed by atoms with Crippen LogP contribution in [0.3, 0.4) is 0 Å². The Hall–Kier alpha value is -2.56. The van der Waals surface area contributed by atoms with Crippen molar-refractivity contribution in [3.05, 3.63) is 42.0 Å². The zero-order valence-corrected chi connectivity index (χ0v) is 13.7. The van der Waals surface area contributed by atoms with Gasteiger partial charge in [0.25, 0.3) is 5.91 Å². The molecule has 0 spiro atoms. The zero-order valence-electron chi connectivity index (χ0n) is 13.7. The molecule has 0 aliphatic heterocycles. The molecular weight excluding hydrogens is 306 g/mol. The molecule has 5 heteroatoms. The van der Waals surface area contributed by atoms with Gasteiger partial charge < -0.3 is 14.8 Å². The summed E-state index contributed by atoms with van der Waals surface area (Å²) in [4.78, 5) is 24.2. The Morgan fingerprint density at radius 3 is 2.46 bits per heavy atom. The number of esters is 1. The number of carbonyl (C=O) groups excluding carboxylic acids is 2. The van der Waals surface area contributed by atoms with E-state index in [1.165, 1.54) is 7.11 Å². The molecule has 3 rings (SSSR count). The van der Waals surface area contributed by atoms with Gasteiger partial charge in [-0.25, -0.2) is 4.79 Å². The topological polar surface area (TPSA) is 64.6 Å². The predicted molar refractivity (Wildman–Crippen MR) is 91.2 cm³/mol. The van der Waals surface area contributed by atoms with Gasteiger partial charge in [0.15, 0.2) is 6.61 Å². The lowest BCUT2D eigenvalue weighted by Crippen LogP contribution is -2.35. The number of carbonyl (C=O) groups is 2. The van der Waals surface area contributed by atoms with Crippen LogP contribution < -0.4 is 10.1 Å². The second kappa shape index (κ2) is 7.34. The summed E-state index contributed by atoms with van der Waals surface area (Å²) in [6, 6.07) is 11.4. The van der Waals surface area contributed by atoms with Gasteiger partial charge in [0.05, 0.1) is 7.11 Å². The Labute approximate surface area is 140 Å². The molecule has 0 radical (unpaired) electrons. The standard InChI is InChI=1S/C19H21NO4/c1-23-17-11-14-7-3-2-6-13(14)10-16(17)19(22)24-12-18(21)20-15-8-4-5-9-15/h2-3,6-7,10-11,15H,4-5,8-9,12H2,1H3,(H,20,21). The summed E-state index contributed by atoms with van der Waals surface area (Å²) in [5, 5.41) is 4.79. The van der Waals surface area contributed by atoms with Gasteiger partial charge in [-0.3, -0.25) is 4.79 Å². The first kappa shape index (κ1) is 16.3. The summed E-state index contributed by atoms with van der Waals surface area (Å²) in [5.41, 5.74) is 0.324. The number of hydrogen-bond acceptors (Lipinski definition) is 4. The van der Waals surface area contributed by atoms with Crippen LogP contribution in [0.5, 0.6) is 5.75 Å². The van der Waals surface area contributed by atoms with Crippen LogP contribution in [0, 0.1) is 0 Å². The minimum atomic E-state index is -0.556. The van der Waals surface area contributed by atoms with Crippen LogP contribution in [0.4, 0.5) is 0 Å². The Morgan fingerprint density at radius 1 is 1.12 bits per heavy atom. The molecule has 0 bridgehead atoms. The van der Waals surface area contributed by atoms with Crippen LogP contribution in [-0.2, 0) is 9.53 Å². The number of ether oxygens (including phenoxy) is 2. The largest absolute Gasteiger partial charge is 0.496 e. The van der Waals surface area contributed by atoms with E-state index in [1.54, 1.807) is 12.1 Å². The molecule has 1 aliphatic carbocycles. The summed E-state index contributed by atoms with van der Waals surface area (Å²) in [5.74, 6) is -0.371.